The summed E-state index contributed by atoms with van der Waals surface area (Å²) < 4.78 is 10.7. The zero-order valence-corrected chi connectivity index (χ0v) is 10.3. The molecular weight excluding hydrogens is 216 g/mol. The van der Waals surface area contributed by atoms with Crippen molar-refractivity contribution in [3.05, 3.63) is 24.3 Å². The molecule has 0 spiro atoms. The average Bonchev–Trinajstić information content (AvgIpc) is 2.85. The highest BCUT2D eigenvalue weighted by Gasteiger charge is 2.13. The monoisotopic (exact) mass is 238 g/mol. The Kier molecular flexibility index (Phi) is 8.51. The number of carbonyl (C=O) groups is 1. The van der Waals surface area contributed by atoms with Gasteiger partial charge in [-0.15, -0.1) is 0 Å². The molecule has 3 heteroatoms. The standard InChI is InChI=1S/C14H22O3/c15-11-9-7-5-3-1-2-4-6-8-10-14-16-12-13-17-14/h3-6,11,14H,1-2,7-10,12-13H2. The summed E-state index contributed by atoms with van der Waals surface area (Å²) in [7, 11) is 0. The number of hydrogen-bond donors (Lipinski definition) is 0. The number of hydrogen-bond acceptors (Lipinski definition) is 3. The second-order valence-corrected chi connectivity index (χ2v) is 4.01. The summed E-state index contributed by atoms with van der Waals surface area (Å²) in [5, 5.41) is 0. The highest BCUT2D eigenvalue weighted by molar-refractivity contribution is 5.49. The lowest BCUT2D eigenvalue weighted by atomic mass is 10.2. The summed E-state index contributed by atoms with van der Waals surface area (Å²) in [6, 6.07) is 0. The van der Waals surface area contributed by atoms with Gasteiger partial charge in [0.25, 0.3) is 0 Å². The molecular formula is C14H22O3. The maximum atomic E-state index is 10.1. The van der Waals surface area contributed by atoms with Gasteiger partial charge in [-0.05, 0) is 25.7 Å². The molecule has 0 radical (unpaired) electrons. The molecule has 0 atom stereocenters. The summed E-state index contributed by atoms with van der Waals surface area (Å²) in [4.78, 5) is 10.1. The van der Waals surface area contributed by atoms with Crippen LogP contribution in [0.1, 0.15) is 38.5 Å². The molecule has 0 saturated carbocycles. The van der Waals surface area contributed by atoms with Crippen molar-refractivity contribution >= 4 is 6.29 Å². The van der Waals surface area contributed by atoms with E-state index in [1.807, 2.05) is 0 Å². The number of ether oxygens (including phenoxy) is 2. The van der Waals surface area contributed by atoms with Crippen LogP contribution in [0, 0.1) is 0 Å². The molecule has 1 heterocycles. The zero-order valence-electron chi connectivity index (χ0n) is 10.3. The largest absolute Gasteiger partial charge is 0.350 e. The Morgan fingerprint density at radius 1 is 0.824 bits per heavy atom. The minimum absolute atomic E-state index is 0.0166. The van der Waals surface area contributed by atoms with Crippen LogP contribution in [0.25, 0.3) is 0 Å². The van der Waals surface area contributed by atoms with Gasteiger partial charge in [0.2, 0.25) is 0 Å². The van der Waals surface area contributed by atoms with Crippen molar-refractivity contribution < 1.29 is 14.3 Å². The topological polar surface area (TPSA) is 35.5 Å². The molecule has 3 nitrogen and oxygen atoms in total. The van der Waals surface area contributed by atoms with Gasteiger partial charge in [0, 0.05) is 12.8 Å². The van der Waals surface area contributed by atoms with Crippen molar-refractivity contribution in [3.63, 3.8) is 0 Å². The van der Waals surface area contributed by atoms with E-state index in [-0.39, 0.29) is 6.29 Å². The molecule has 1 fully saturated rings. The van der Waals surface area contributed by atoms with E-state index in [9.17, 15) is 4.79 Å². The Hall–Kier alpha value is -0.930. The van der Waals surface area contributed by atoms with Crippen LogP contribution in [0.3, 0.4) is 0 Å². The molecule has 0 N–H and O–H groups in total. The van der Waals surface area contributed by atoms with Crippen molar-refractivity contribution in [1.82, 2.24) is 0 Å². The van der Waals surface area contributed by atoms with Gasteiger partial charge in [0.15, 0.2) is 6.29 Å². The normalized spacial score (nSPS) is 17.4. The van der Waals surface area contributed by atoms with Crippen LogP contribution >= 0.6 is 0 Å². The van der Waals surface area contributed by atoms with Gasteiger partial charge >= 0.3 is 0 Å². The number of carbonyl (C=O) groups excluding carboxylic acids is 1. The van der Waals surface area contributed by atoms with Crippen molar-refractivity contribution in [2.75, 3.05) is 13.2 Å². The van der Waals surface area contributed by atoms with Crippen LogP contribution in [-0.4, -0.2) is 25.8 Å². The first-order valence-electron chi connectivity index (χ1n) is 6.40. The van der Waals surface area contributed by atoms with Gasteiger partial charge in [-0.3, -0.25) is 0 Å². The van der Waals surface area contributed by atoms with E-state index in [2.05, 4.69) is 24.3 Å². The zero-order chi connectivity index (χ0) is 12.2. The van der Waals surface area contributed by atoms with Crippen molar-refractivity contribution in [2.45, 2.75) is 44.8 Å². The lowest BCUT2D eigenvalue weighted by Gasteiger charge is -2.05. The van der Waals surface area contributed by atoms with Gasteiger partial charge in [0.05, 0.1) is 13.2 Å². The molecule has 0 bridgehead atoms. The second-order valence-electron chi connectivity index (χ2n) is 4.01. The highest BCUT2D eigenvalue weighted by atomic mass is 16.7. The molecule has 0 aliphatic carbocycles. The Balaban J connectivity index is 1.87. The lowest BCUT2D eigenvalue weighted by Crippen LogP contribution is -2.05. The summed E-state index contributed by atoms with van der Waals surface area (Å²) in [6.07, 6.45) is 15.1. The van der Waals surface area contributed by atoms with E-state index in [4.69, 9.17) is 9.47 Å². The van der Waals surface area contributed by atoms with Crippen molar-refractivity contribution in [2.24, 2.45) is 0 Å². The third-order valence-corrected chi connectivity index (χ3v) is 2.54. The fraction of sp³-hybridized carbons (Fsp3) is 0.643. The number of allylic oxidation sites excluding steroid dienone is 4. The predicted molar refractivity (Wildman–Crippen MR) is 67.7 cm³/mol. The van der Waals surface area contributed by atoms with Gasteiger partial charge in [-0.2, -0.15) is 0 Å². The third kappa shape index (κ3) is 7.88. The Labute approximate surface area is 103 Å². The van der Waals surface area contributed by atoms with E-state index < -0.39 is 0 Å². The van der Waals surface area contributed by atoms with E-state index in [1.165, 1.54) is 0 Å². The second kappa shape index (κ2) is 10.2. The third-order valence-electron chi connectivity index (χ3n) is 2.54. The number of aldehydes is 1. The van der Waals surface area contributed by atoms with Gasteiger partial charge in [-0.25, -0.2) is 0 Å². The summed E-state index contributed by atoms with van der Waals surface area (Å²) in [6.45, 7) is 1.47. The first-order chi connectivity index (χ1) is 8.43. The minimum Gasteiger partial charge on any atom is -0.350 e. The highest BCUT2D eigenvalue weighted by Crippen LogP contribution is 2.10. The maximum Gasteiger partial charge on any atom is 0.158 e. The SMILES string of the molecule is O=CCCC=CCCC=CCCC1OCCO1. The molecule has 17 heavy (non-hydrogen) atoms. The molecule has 1 saturated heterocycles. The quantitative estimate of drug-likeness (QED) is 0.352. The van der Waals surface area contributed by atoms with Crippen LogP contribution in [0.2, 0.25) is 0 Å². The van der Waals surface area contributed by atoms with Crippen LogP contribution < -0.4 is 0 Å². The smallest absolute Gasteiger partial charge is 0.158 e. The fourth-order valence-electron chi connectivity index (χ4n) is 1.63. The van der Waals surface area contributed by atoms with Crippen LogP contribution in [0.4, 0.5) is 0 Å². The predicted octanol–water partition coefficient (Wildman–Crippen LogP) is 3.01. The Bertz CT molecular complexity index is 240. The van der Waals surface area contributed by atoms with E-state index in [0.29, 0.717) is 6.42 Å². The summed E-state index contributed by atoms with van der Waals surface area (Å²) >= 11 is 0. The molecule has 1 aliphatic heterocycles. The van der Waals surface area contributed by atoms with E-state index in [0.717, 1.165) is 51.6 Å². The van der Waals surface area contributed by atoms with Gasteiger partial charge < -0.3 is 14.3 Å². The molecule has 0 aromatic heterocycles. The van der Waals surface area contributed by atoms with Crippen LogP contribution in [0.15, 0.2) is 24.3 Å². The minimum atomic E-state index is 0.0166. The number of unbranched alkanes of at least 4 members (excludes halogenated alkanes) is 2. The Morgan fingerprint density at radius 2 is 1.35 bits per heavy atom. The van der Waals surface area contributed by atoms with Gasteiger partial charge in [0.1, 0.15) is 6.29 Å². The maximum absolute atomic E-state index is 10.1. The average molecular weight is 238 g/mol. The molecule has 0 unspecified atom stereocenters. The first kappa shape index (κ1) is 14.1. The Morgan fingerprint density at radius 3 is 1.94 bits per heavy atom. The molecule has 96 valence electrons. The van der Waals surface area contributed by atoms with Crippen molar-refractivity contribution in [1.29, 1.82) is 0 Å². The molecule has 0 amide bonds. The lowest BCUT2D eigenvalue weighted by molar-refractivity contribution is -0.107. The van der Waals surface area contributed by atoms with Crippen LogP contribution in [-0.2, 0) is 14.3 Å². The number of rotatable bonds is 9. The first-order valence-corrected chi connectivity index (χ1v) is 6.40. The summed E-state index contributed by atoms with van der Waals surface area (Å²) in [5.74, 6) is 0. The van der Waals surface area contributed by atoms with E-state index in [1.54, 1.807) is 0 Å². The van der Waals surface area contributed by atoms with Gasteiger partial charge in [-0.1, -0.05) is 24.3 Å². The molecule has 0 aromatic rings. The molecule has 1 rings (SSSR count). The molecule has 1 aliphatic rings. The van der Waals surface area contributed by atoms with Crippen molar-refractivity contribution in [3.8, 4) is 0 Å². The van der Waals surface area contributed by atoms with Crippen LogP contribution in [0.5, 0.6) is 0 Å². The fourth-order valence-corrected chi connectivity index (χ4v) is 1.63. The molecule has 0 aromatic carbocycles. The summed E-state index contributed by atoms with van der Waals surface area (Å²) in [5.41, 5.74) is 0. The van der Waals surface area contributed by atoms with E-state index >= 15 is 0 Å².